The molecule has 7 heteroatoms. The second-order valence-corrected chi connectivity index (χ2v) is 11.0. The van der Waals surface area contributed by atoms with E-state index >= 15 is 0 Å². The Labute approximate surface area is 197 Å². The van der Waals surface area contributed by atoms with Crippen molar-refractivity contribution in [3.63, 3.8) is 0 Å². The second-order valence-electron chi connectivity index (χ2n) is 11.0. The summed E-state index contributed by atoms with van der Waals surface area (Å²) in [4.78, 5) is 27.5. The molecule has 33 heavy (non-hydrogen) atoms. The Bertz CT molecular complexity index is 836. The maximum absolute atomic E-state index is 13.2. The standard InChI is InChI=1S/C26H39N3O4/c1-18-3-4-19(16-29(7-8-30)6-5-28(2)25(32)33)12-23(18)24(31)27-17-26-13-20-9-21(14-26)11-22(10-20)15-26/h3-4,12,20-22,30H,5-11,13-17H2,1-2H3,(H,27,31)(H,32,33). The summed E-state index contributed by atoms with van der Waals surface area (Å²) in [6, 6.07) is 5.95. The molecule has 4 saturated carbocycles. The van der Waals surface area contributed by atoms with Gasteiger partial charge in [0, 0.05) is 45.3 Å². The SMILES string of the molecule is Cc1ccc(CN(CCO)CCN(C)C(=O)O)cc1C(=O)NCC12CC3CC(CC(C3)C1)C2. The number of aryl methyl sites for hydroxylation is 1. The first kappa shape index (κ1) is 24.0. The number of carbonyl (C=O) groups is 2. The van der Waals surface area contributed by atoms with Crippen LogP contribution in [0.3, 0.4) is 0 Å². The van der Waals surface area contributed by atoms with Gasteiger partial charge in [0.25, 0.3) is 5.91 Å². The van der Waals surface area contributed by atoms with E-state index in [4.69, 9.17) is 5.11 Å². The molecule has 7 nitrogen and oxygen atoms in total. The van der Waals surface area contributed by atoms with Gasteiger partial charge in [-0.1, -0.05) is 12.1 Å². The molecule has 3 N–H and O–H groups in total. The molecule has 0 spiro atoms. The number of benzene rings is 1. The highest BCUT2D eigenvalue weighted by Crippen LogP contribution is 2.59. The summed E-state index contributed by atoms with van der Waals surface area (Å²) in [7, 11) is 1.54. The lowest BCUT2D eigenvalue weighted by molar-refractivity contribution is -0.0503. The Balaban J connectivity index is 1.38. The number of amides is 2. The zero-order valence-electron chi connectivity index (χ0n) is 20.1. The molecule has 4 aliphatic rings. The van der Waals surface area contributed by atoms with Crippen LogP contribution < -0.4 is 5.32 Å². The topological polar surface area (TPSA) is 93.1 Å². The quantitative estimate of drug-likeness (QED) is 0.501. The van der Waals surface area contributed by atoms with Crippen LogP contribution in [0.25, 0.3) is 0 Å². The van der Waals surface area contributed by atoms with Gasteiger partial charge >= 0.3 is 6.09 Å². The molecule has 4 bridgehead atoms. The molecule has 2 amide bonds. The molecular formula is C26H39N3O4. The smallest absolute Gasteiger partial charge is 0.407 e. The van der Waals surface area contributed by atoms with E-state index in [2.05, 4.69) is 5.32 Å². The van der Waals surface area contributed by atoms with Crippen molar-refractivity contribution in [2.75, 3.05) is 39.8 Å². The van der Waals surface area contributed by atoms with Crippen molar-refractivity contribution in [3.8, 4) is 0 Å². The van der Waals surface area contributed by atoms with Gasteiger partial charge in [-0.15, -0.1) is 0 Å². The van der Waals surface area contributed by atoms with E-state index in [1.54, 1.807) is 0 Å². The lowest BCUT2D eigenvalue weighted by atomic mass is 9.49. The van der Waals surface area contributed by atoms with Gasteiger partial charge in [-0.05, 0) is 85.8 Å². The monoisotopic (exact) mass is 457 g/mol. The van der Waals surface area contributed by atoms with Crippen LogP contribution in [0.2, 0.25) is 0 Å². The number of likely N-dealkylation sites (N-methyl/N-ethyl adjacent to an activating group) is 1. The Morgan fingerprint density at radius 1 is 1.06 bits per heavy atom. The number of aliphatic hydroxyl groups is 1. The summed E-state index contributed by atoms with van der Waals surface area (Å²) in [5.74, 6) is 2.62. The first-order chi connectivity index (χ1) is 15.8. The van der Waals surface area contributed by atoms with Crippen LogP contribution in [-0.2, 0) is 6.54 Å². The van der Waals surface area contributed by atoms with Crippen molar-refractivity contribution in [3.05, 3.63) is 34.9 Å². The van der Waals surface area contributed by atoms with Crippen molar-refractivity contribution in [1.82, 2.24) is 15.1 Å². The van der Waals surface area contributed by atoms with Crippen molar-refractivity contribution >= 4 is 12.0 Å². The number of hydrogen-bond acceptors (Lipinski definition) is 4. The van der Waals surface area contributed by atoms with E-state index in [0.29, 0.717) is 37.2 Å². The third-order valence-corrected chi connectivity index (χ3v) is 8.24. The van der Waals surface area contributed by atoms with Crippen LogP contribution in [0.4, 0.5) is 4.79 Å². The molecule has 0 unspecified atom stereocenters. The zero-order valence-corrected chi connectivity index (χ0v) is 20.1. The molecule has 0 heterocycles. The summed E-state index contributed by atoms with van der Waals surface area (Å²) >= 11 is 0. The molecule has 1 aromatic carbocycles. The number of nitrogens with one attached hydrogen (secondary N) is 1. The summed E-state index contributed by atoms with van der Waals surface area (Å²) in [5.41, 5.74) is 2.97. The average molecular weight is 458 g/mol. The summed E-state index contributed by atoms with van der Waals surface area (Å²) in [6.07, 6.45) is 7.08. The minimum absolute atomic E-state index is 0.00105. The van der Waals surface area contributed by atoms with Gasteiger partial charge in [0.05, 0.1) is 6.61 Å². The van der Waals surface area contributed by atoms with Gasteiger partial charge in [-0.2, -0.15) is 0 Å². The van der Waals surface area contributed by atoms with Crippen LogP contribution in [0, 0.1) is 30.1 Å². The highest BCUT2D eigenvalue weighted by molar-refractivity contribution is 5.95. The lowest BCUT2D eigenvalue weighted by Crippen LogP contribution is -2.51. The minimum atomic E-state index is -0.965. The fraction of sp³-hybridized carbons (Fsp3) is 0.692. The summed E-state index contributed by atoms with van der Waals surface area (Å²) < 4.78 is 0. The van der Waals surface area contributed by atoms with E-state index in [-0.39, 0.29) is 12.5 Å². The van der Waals surface area contributed by atoms with Crippen molar-refractivity contribution in [2.45, 2.75) is 52.0 Å². The molecule has 182 valence electrons. The van der Waals surface area contributed by atoms with E-state index in [0.717, 1.165) is 35.4 Å². The molecule has 0 radical (unpaired) electrons. The maximum Gasteiger partial charge on any atom is 0.407 e. The fourth-order valence-electron chi connectivity index (χ4n) is 6.94. The van der Waals surface area contributed by atoms with Crippen molar-refractivity contribution < 1.29 is 19.8 Å². The maximum atomic E-state index is 13.2. The number of rotatable bonds is 10. The Morgan fingerprint density at radius 3 is 2.27 bits per heavy atom. The third kappa shape index (κ3) is 5.69. The Morgan fingerprint density at radius 2 is 1.70 bits per heavy atom. The number of aliphatic hydroxyl groups excluding tert-OH is 1. The average Bonchev–Trinajstić information content (AvgIpc) is 2.76. The van der Waals surface area contributed by atoms with E-state index < -0.39 is 6.09 Å². The van der Waals surface area contributed by atoms with E-state index in [1.807, 2.05) is 30.0 Å². The van der Waals surface area contributed by atoms with Crippen LogP contribution in [0.5, 0.6) is 0 Å². The first-order valence-electron chi connectivity index (χ1n) is 12.4. The van der Waals surface area contributed by atoms with Gasteiger partial charge in [0.15, 0.2) is 0 Å². The number of carboxylic acid groups (broad SMARTS) is 1. The number of nitrogens with zero attached hydrogens (tertiary/aromatic N) is 2. The number of hydrogen-bond donors (Lipinski definition) is 3. The highest BCUT2D eigenvalue weighted by atomic mass is 16.4. The molecule has 1 aromatic rings. The van der Waals surface area contributed by atoms with Gasteiger partial charge in [-0.3, -0.25) is 9.69 Å². The van der Waals surface area contributed by atoms with Crippen LogP contribution in [-0.4, -0.2) is 71.8 Å². The molecule has 0 atom stereocenters. The Kier molecular flexibility index (Phi) is 7.29. The van der Waals surface area contributed by atoms with Gasteiger partial charge in [-0.25, -0.2) is 4.79 Å². The molecule has 0 aliphatic heterocycles. The predicted molar refractivity (Wildman–Crippen MR) is 127 cm³/mol. The predicted octanol–water partition coefficient (Wildman–Crippen LogP) is 3.35. The highest BCUT2D eigenvalue weighted by Gasteiger charge is 2.50. The molecule has 0 saturated heterocycles. The van der Waals surface area contributed by atoms with Crippen LogP contribution >= 0.6 is 0 Å². The molecule has 4 aliphatic carbocycles. The van der Waals surface area contributed by atoms with Crippen LogP contribution in [0.1, 0.15) is 60.0 Å². The molecule has 5 rings (SSSR count). The van der Waals surface area contributed by atoms with E-state index in [1.165, 1.54) is 50.5 Å². The summed E-state index contributed by atoms with van der Waals surface area (Å²) in [5, 5.41) is 21.8. The zero-order chi connectivity index (χ0) is 23.6. The lowest BCUT2D eigenvalue weighted by Gasteiger charge is -2.56. The fourth-order valence-corrected chi connectivity index (χ4v) is 6.94. The third-order valence-electron chi connectivity index (χ3n) is 8.24. The minimum Gasteiger partial charge on any atom is -0.465 e. The largest absolute Gasteiger partial charge is 0.465 e. The molecular weight excluding hydrogens is 418 g/mol. The van der Waals surface area contributed by atoms with Gasteiger partial charge in [0.2, 0.25) is 0 Å². The first-order valence-corrected chi connectivity index (χ1v) is 12.4. The van der Waals surface area contributed by atoms with Crippen molar-refractivity contribution in [1.29, 1.82) is 0 Å². The summed E-state index contributed by atoms with van der Waals surface area (Å²) in [6.45, 7) is 4.65. The second kappa shape index (κ2) is 10.0. The van der Waals surface area contributed by atoms with Gasteiger partial charge < -0.3 is 20.4 Å². The normalized spacial score (nSPS) is 27.7. The number of carbonyl (C=O) groups excluding carboxylic acids is 1. The Hall–Kier alpha value is -2.12. The van der Waals surface area contributed by atoms with Crippen LogP contribution in [0.15, 0.2) is 18.2 Å². The van der Waals surface area contributed by atoms with Crippen molar-refractivity contribution in [2.24, 2.45) is 23.2 Å². The van der Waals surface area contributed by atoms with E-state index in [9.17, 15) is 14.7 Å². The molecule has 4 fully saturated rings. The van der Waals surface area contributed by atoms with Gasteiger partial charge in [0.1, 0.15) is 0 Å². The molecule has 0 aromatic heterocycles.